The molecule has 0 fully saturated rings. The maximum absolute atomic E-state index is 13.3. The van der Waals surface area contributed by atoms with Crippen LogP contribution in [0.15, 0.2) is 65.3 Å². The highest BCUT2D eigenvalue weighted by Crippen LogP contribution is 2.38. The number of amides is 1. The number of ketones is 1. The van der Waals surface area contributed by atoms with Crippen molar-refractivity contribution in [3.8, 4) is 11.1 Å². The summed E-state index contributed by atoms with van der Waals surface area (Å²) in [6.07, 6.45) is 1.49. The van der Waals surface area contributed by atoms with Crippen LogP contribution in [0.2, 0.25) is 0 Å². The number of benzene rings is 2. The predicted molar refractivity (Wildman–Crippen MR) is 119 cm³/mol. The second-order valence-corrected chi connectivity index (χ2v) is 8.31. The van der Waals surface area contributed by atoms with Crippen molar-refractivity contribution in [1.29, 1.82) is 0 Å². The van der Waals surface area contributed by atoms with E-state index in [0.29, 0.717) is 16.3 Å². The average Bonchev–Trinajstić information content (AvgIpc) is 3.17. The predicted octanol–water partition coefficient (Wildman–Crippen LogP) is 5.43. The fourth-order valence-corrected chi connectivity index (χ4v) is 4.85. The molecule has 2 aromatic heterocycles. The molecule has 2 aromatic carbocycles. The summed E-state index contributed by atoms with van der Waals surface area (Å²) in [5, 5.41) is 6.23. The highest BCUT2D eigenvalue weighted by atomic mass is 32.2. The van der Waals surface area contributed by atoms with Crippen molar-refractivity contribution in [3.05, 3.63) is 71.6 Å². The topological polar surface area (TPSA) is 72.0 Å². The Labute approximate surface area is 180 Å². The van der Waals surface area contributed by atoms with Gasteiger partial charge in [-0.3, -0.25) is 9.59 Å². The van der Waals surface area contributed by atoms with Crippen molar-refractivity contribution in [1.82, 2.24) is 9.97 Å². The Morgan fingerprint density at radius 1 is 1.07 bits per heavy atom. The maximum atomic E-state index is 13.3. The number of thioether (sulfide) groups is 1. The first-order chi connectivity index (χ1) is 14.5. The van der Waals surface area contributed by atoms with Gasteiger partial charge in [0.05, 0.1) is 11.1 Å². The zero-order valence-corrected chi connectivity index (χ0v) is 17.5. The number of carbonyl (C=O) groups is 2. The van der Waals surface area contributed by atoms with Crippen LogP contribution in [0.4, 0.5) is 10.1 Å². The Kier molecular flexibility index (Phi) is 5.87. The van der Waals surface area contributed by atoms with E-state index in [9.17, 15) is 14.0 Å². The minimum atomic E-state index is -0.292. The molecule has 0 spiro atoms. The first kappa shape index (κ1) is 20.2. The van der Waals surface area contributed by atoms with E-state index in [0.717, 1.165) is 21.3 Å². The van der Waals surface area contributed by atoms with E-state index < -0.39 is 0 Å². The normalized spacial score (nSPS) is 10.9. The minimum Gasteiger partial charge on any atom is -0.326 e. The van der Waals surface area contributed by atoms with Crippen molar-refractivity contribution in [2.75, 3.05) is 11.1 Å². The van der Waals surface area contributed by atoms with Gasteiger partial charge in [0.2, 0.25) is 5.91 Å². The molecule has 1 amide bonds. The molecule has 0 bridgehead atoms. The van der Waals surface area contributed by atoms with Crippen LogP contribution in [-0.2, 0) is 4.79 Å². The molecular weight excluding hydrogens is 421 g/mol. The second-order valence-electron chi connectivity index (χ2n) is 6.49. The molecule has 0 aliphatic rings. The number of halogens is 1. The van der Waals surface area contributed by atoms with Crippen molar-refractivity contribution in [2.24, 2.45) is 0 Å². The third-order valence-electron chi connectivity index (χ3n) is 4.36. The number of hydrogen-bond acceptors (Lipinski definition) is 6. The van der Waals surface area contributed by atoms with Crippen LogP contribution in [0.5, 0.6) is 0 Å². The Hall–Kier alpha value is -3.10. The van der Waals surface area contributed by atoms with E-state index >= 15 is 0 Å². The number of aromatic nitrogens is 2. The van der Waals surface area contributed by atoms with Gasteiger partial charge in [0.25, 0.3) is 0 Å². The smallest absolute Gasteiger partial charge is 0.221 e. The number of Topliss-reactive ketones (excluding diaryl/α,β-unsaturated/α-hetero) is 1. The van der Waals surface area contributed by atoms with Crippen LogP contribution in [0.3, 0.4) is 0 Å². The number of carbonyl (C=O) groups excluding carboxylic acids is 2. The molecule has 0 saturated heterocycles. The highest BCUT2D eigenvalue weighted by Gasteiger charge is 2.15. The van der Waals surface area contributed by atoms with Crippen molar-refractivity contribution >= 4 is 50.7 Å². The Morgan fingerprint density at radius 2 is 1.80 bits per heavy atom. The summed E-state index contributed by atoms with van der Waals surface area (Å²) in [5.41, 5.74) is 3.00. The summed E-state index contributed by atoms with van der Waals surface area (Å²) in [6.45, 7) is 1.43. The molecule has 5 nitrogen and oxygen atoms in total. The third kappa shape index (κ3) is 4.39. The summed E-state index contributed by atoms with van der Waals surface area (Å²) in [4.78, 5) is 33.3. The lowest BCUT2D eigenvalue weighted by Crippen LogP contribution is -2.07. The Bertz CT molecular complexity index is 1220. The molecule has 150 valence electrons. The van der Waals surface area contributed by atoms with Crippen LogP contribution in [0.1, 0.15) is 17.3 Å². The number of nitrogens with one attached hydrogen (secondary N) is 1. The maximum Gasteiger partial charge on any atom is 0.221 e. The van der Waals surface area contributed by atoms with Crippen molar-refractivity contribution in [2.45, 2.75) is 11.9 Å². The largest absolute Gasteiger partial charge is 0.326 e. The van der Waals surface area contributed by atoms with Crippen molar-refractivity contribution in [3.63, 3.8) is 0 Å². The lowest BCUT2D eigenvalue weighted by Gasteiger charge is -2.06. The van der Waals surface area contributed by atoms with Gasteiger partial charge >= 0.3 is 0 Å². The molecule has 8 heteroatoms. The first-order valence-electron chi connectivity index (χ1n) is 9.03. The van der Waals surface area contributed by atoms with Gasteiger partial charge in [-0.1, -0.05) is 23.9 Å². The molecule has 4 rings (SSSR count). The zero-order chi connectivity index (χ0) is 21.1. The first-order valence-corrected chi connectivity index (χ1v) is 10.9. The van der Waals surface area contributed by atoms with Crippen LogP contribution in [-0.4, -0.2) is 27.4 Å². The standard InChI is InChI=1S/C22H16FN3O2S2/c1-13(27)26-17-8-4-15(5-9-17)19(28)11-30-22-20-18(10-29-21(20)24-12-25-22)14-2-6-16(23)7-3-14/h2-10,12H,11H2,1H3,(H,26,27). The number of nitrogens with zero attached hydrogens (tertiary/aromatic N) is 2. The number of fused-ring (bicyclic) bond motifs is 1. The molecule has 4 aromatic rings. The average molecular weight is 438 g/mol. The number of thiophene rings is 1. The summed E-state index contributed by atoms with van der Waals surface area (Å²) in [7, 11) is 0. The fourth-order valence-electron chi connectivity index (χ4n) is 2.96. The quantitative estimate of drug-likeness (QED) is 0.247. The van der Waals surface area contributed by atoms with Gasteiger partial charge in [0.15, 0.2) is 5.78 Å². The van der Waals surface area contributed by atoms with E-state index in [1.165, 1.54) is 48.5 Å². The van der Waals surface area contributed by atoms with E-state index in [1.54, 1.807) is 36.4 Å². The molecule has 30 heavy (non-hydrogen) atoms. The van der Waals surface area contributed by atoms with Crippen LogP contribution >= 0.6 is 23.1 Å². The Morgan fingerprint density at radius 3 is 2.50 bits per heavy atom. The molecule has 0 saturated carbocycles. The van der Waals surface area contributed by atoms with Crippen molar-refractivity contribution < 1.29 is 14.0 Å². The van der Waals surface area contributed by atoms with Crippen LogP contribution in [0, 0.1) is 5.82 Å². The molecule has 2 heterocycles. The molecule has 1 N–H and O–H groups in total. The van der Waals surface area contributed by atoms with Gasteiger partial charge in [-0.05, 0) is 42.0 Å². The third-order valence-corrected chi connectivity index (χ3v) is 6.23. The summed E-state index contributed by atoms with van der Waals surface area (Å²) in [5.74, 6) is -0.284. The lowest BCUT2D eigenvalue weighted by atomic mass is 10.1. The molecule has 0 aliphatic heterocycles. The number of rotatable bonds is 6. The van der Waals surface area contributed by atoms with E-state index in [4.69, 9.17) is 0 Å². The van der Waals surface area contributed by atoms with Crippen LogP contribution in [0.25, 0.3) is 21.3 Å². The number of hydrogen-bond donors (Lipinski definition) is 1. The van der Waals surface area contributed by atoms with E-state index in [1.807, 2.05) is 5.38 Å². The zero-order valence-electron chi connectivity index (χ0n) is 15.9. The SMILES string of the molecule is CC(=O)Nc1ccc(C(=O)CSc2ncnc3scc(-c4ccc(F)cc4)c23)cc1. The number of anilines is 1. The molecule has 0 atom stereocenters. The van der Waals surface area contributed by atoms with Gasteiger partial charge in [0.1, 0.15) is 22.0 Å². The summed E-state index contributed by atoms with van der Waals surface area (Å²) < 4.78 is 13.3. The lowest BCUT2D eigenvalue weighted by molar-refractivity contribution is -0.114. The summed E-state index contributed by atoms with van der Waals surface area (Å²) >= 11 is 2.83. The summed E-state index contributed by atoms with van der Waals surface area (Å²) in [6, 6.07) is 13.1. The Balaban J connectivity index is 1.55. The second kappa shape index (κ2) is 8.73. The molecule has 0 unspecified atom stereocenters. The van der Waals surface area contributed by atoms with Crippen LogP contribution < -0.4 is 5.32 Å². The molecule has 0 aliphatic carbocycles. The molecule has 0 radical (unpaired) electrons. The van der Waals surface area contributed by atoms with Gasteiger partial charge in [-0.2, -0.15) is 0 Å². The fraction of sp³-hybridized carbons (Fsp3) is 0.0909. The van der Waals surface area contributed by atoms with E-state index in [2.05, 4.69) is 15.3 Å². The van der Waals surface area contributed by atoms with Gasteiger partial charge < -0.3 is 5.32 Å². The molecular formula is C22H16FN3O2S2. The van der Waals surface area contributed by atoms with Gasteiger partial charge in [-0.25, -0.2) is 14.4 Å². The monoisotopic (exact) mass is 437 g/mol. The van der Waals surface area contributed by atoms with Gasteiger partial charge in [0, 0.05) is 29.1 Å². The highest BCUT2D eigenvalue weighted by molar-refractivity contribution is 8.00. The van der Waals surface area contributed by atoms with Gasteiger partial charge in [-0.15, -0.1) is 11.3 Å². The van der Waals surface area contributed by atoms with E-state index in [-0.39, 0.29) is 23.3 Å². The minimum absolute atomic E-state index is 0.0419.